The van der Waals surface area contributed by atoms with Gasteiger partial charge in [-0.15, -0.1) is 0 Å². The van der Waals surface area contributed by atoms with Crippen molar-refractivity contribution in [3.05, 3.63) is 35.9 Å². The fraction of sp³-hybridized carbons (Fsp3) is 0.632. The summed E-state index contributed by atoms with van der Waals surface area (Å²) in [5.74, 6) is -0.686. The Labute approximate surface area is 139 Å². The third kappa shape index (κ3) is 4.12. The van der Waals surface area contributed by atoms with Crippen molar-refractivity contribution in [3.8, 4) is 0 Å². The monoisotopic (exact) mass is 316 g/mol. The van der Waals surface area contributed by atoms with Crippen molar-refractivity contribution < 1.29 is 9.90 Å². The number of carbonyl (C=O) groups is 1. The third-order valence-electron chi connectivity index (χ3n) is 5.52. The Kier molecular flexibility index (Phi) is 5.34. The fourth-order valence-electron chi connectivity index (χ4n) is 4.27. The molecule has 1 aliphatic heterocycles. The zero-order valence-electron chi connectivity index (χ0n) is 13.9. The summed E-state index contributed by atoms with van der Waals surface area (Å²) in [5.41, 5.74) is 1.64. The van der Waals surface area contributed by atoms with Crippen molar-refractivity contribution in [2.45, 2.75) is 50.6 Å². The van der Waals surface area contributed by atoms with Crippen molar-refractivity contribution in [2.75, 3.05) is 26.2 Å². The minimum absolute atomic E-state index is 0.255. The Bertz CT molecular complexity index is 511. The Balaban J connectivity index is 1.70. The number of rotatable bonds is 5. The molecule has 0 radical (unpaired) electrons. The van der Waals surface area contributed by atoms with E-state index in [0.29, 0.717) is 6.54 Å². The van der Waals surface area contributed by atoms with E-state index in [1.54, 1.807) is 0 Å². The van der Waals surface area contributed by atoms with Gasteiger partial charge in [0, 0.05) is 38.3 Å². The van der Waals surface area contributed by atoms with E-state index in [1.807, 2.05) is 0 Å². The summed E-state index contributed by atoms with van der Waals surface area (Å²) in [7, 11) is 0. The summed E-state index contributed by atoms with van der Waals surface area (Å²) >= 11 is 0. The van der Waals surface area contributed by atoms with Gasteiger partial charge in [-0.05, 0) is 18.4 Å². The molecule has 1 aliphatic carbocycles. The van der Waals surface area contributed by atoms with E-state index in [0.717, 1.165) is 26.2 Å². The van der Waals surface area contributed by atoms with Gasteiger partial charge in [0.1, 0.15) is 0 Å². The molecule has 4 nitrogen and oxygen atoms in total. The van der Waals surface area contributed by atoms with Crippen molar-refractivity contribution in [3.63, 3.8) is 0 Å². The van der Waals surface area contributed by atoms with Crippen molar-refractivity contribution in [2.24, 2.45) is 0 Å². The molecule has 2 aliphatic rings. The second kappa shape index (κ2) is 7.45. The van der Waals surface area contributed by atoms with E-state index in [9.17, 15) is 4.79 Å². The van der Waals surface area contributed by atoms with E-state index >= 15 is 0 Å². The van der Waals surface area contributed by atoms with Crippen LogP contribution in [-0.2, 0) is 11.3 Å². The van der Waals surface area contributed by atoms with Crippen LogP contribution in [0.3, 0.4) is 0 Å². The predicted molar refractivity (Wildman–Crippen MR) is 91.4 cm³/mol. The van der Waals surface area contributed by atoms with Gasteiger partial charge in [0.15, 0.2) is 0 Å². The highest BCUT2D eigenvalue weighted by Gasteiger charge is 2.42. The molecule has 1 saturated heterocycles. The molecule has 1 heterocycles. The standard InChI is InChI=1S/C19H28N2O2/c22-18(23)9-12-20-13-14-21(15-17-7-3-1-4-8-17)19(16-20)10-5-2-6-11-19/h1,3-4,7-8H,2,5-6,9-16H2,(H,22,23). The number of piperazine rings is 1. The van der Waals surface area contributed by atoms with E-state index in [4.69, 9.17) is 5.11 Å². The zero-order valence-corrected chi connectivity index (χ0v) is 13.9. The first-order valence-electron chi connectivity index (χ1n) is 8.91. The molecule has 1 N–H and O–H groups in total. The molecule has 23 heavy (non-hydrogen) atoms. The van der Waals surface area contributed by atoms with Gasteiger partial charge < -0.3 is 5.11 Å². The predicted octanol–water partition coefficient (Wildman–Crippen LogP) is 2.98. The number of benzene rings is 1. The SMILES string of the molecule is O=C(O)CCN1CCN(Cc2ccccc2)C2(CCCCC2)C1. The van der Waals surface area contributed by atoms with Crippen LogP contribution in [0.5, 0.6) is 0 Å². The molecule has 1 aromatic rings. The number of carboxylic acids is 1. The number of hydrogen-bond acceptors (Lipinski definition) is 3. The summed E-state index contributed by atoms with van der Waals surface area (Å²) < 4.78 is 0. The van der Waals surface area contributed by atoms with E-state index < -0.39 is 5.97 Å². The molecule has 0 bridgehead atoms. The molecule has 1 aromatic carbocycles. The van der Waals surface area contributed by atoms with Gasteiger partial charge in [0.2, 0.25) is 0 Å². The van der Waals surface area contributed by atoms with Crippen molar-refractivity contribution in [1.29, 1.82) is 0 Å². The quantitative estimate of drug-likeness (QED) is 0.907. The maximum atomic E-state index is 10.9. The lowest BCUT2D eigenvalue weighted by Gasteiger charge is -2.53. The van der Waals surface area contributed by atoms with Crippen LogP contribution in [0.15, 0.2) is 30.3 Å². The Morgan fingerprint density at radius 3 is 2.52 bits per heavy atom. The van der Waals surface area contributed by atoms with Gasteiger partial charge >= 0.3 is 5.97 Å². The van der Waals surface area contributed by atoms with Gasteiger partial charge in [-0.2, -0.15) is 0 Å². The summed E-state index contributed by atoms with van der Waals surface area (Å²) in [6.07, 6.45) is 6.72. The molecule has 1 spiro atoms. The van der Waals surface area contributed by atoms with E-state index in [2.05, 4.69) is 40.1 Å². The number of nitrogens with zero attached hydrogens (tertiary/aromatic N) is 2. The molecule has 3 rings (SSSR count). The summed E-state index contributed by atoms with van der Waals surface area (Å²) in [4.78, 5) is 15.9. The fourth-order valence-corrected chi connectivity index (χ4v) is 4.27. The van der Waals surface area contributed by atoms with Crippen molar-refractivity contribution >= 4 is 5.97 Å². The lowest BCUT2D eigenvalue weighted by atomic mass is 9.78. The molecule has 0 atom stereocenters. The highest BCUT2D eigenvalue weighted by atomic mass is 16.4. The second-order valence-electron chi connectivity index (χ2n) is 7.11. The summed E-state index contributed by atoms with van der Waals surface area (Å²) in [6, 6.07) is 10.7. The lowest BCUT2D eigenvalue weighted by molar-refractivity contribution is -0.137. The molecule has 2 fully saturated rings. The number of carboxylic acid groups (broad SMARTS) is 1. The molecular weight excluding hydrogens is 288 g/mol. The van der Waals surface area contributed by atoms with Crippen LogP contribution in [0.4, 0.5) is 0 Å². The number of hydrogen-bond donors (Lipinski definition) is 1. The molecule has 0 aromatic heterocycles. The van der Waals surface area contributed by atoms with Gasteiger partial charge in [-0.25, -0.2) is 0 Å². The van der Waals surface area contributed by atoms with E-state index in [-0.39, 0.29) is 12.0 Å². The average molecular weight is 316 g/mol. The first-order chi connectivity index (χ1) is 11.2. The maximum Gasteiger partial charge on any atom is 0.304 e. The molecule has 4 heteroatoms. The Morgan fingerprint density at radius 2 is 1.83 bits per heavy atom. The van der Waals surface area contributed by atoms with Gasteiger partial charge in [0.25, 0.3) is 0 Å². The summed E-state index contributed by atoms with van der Waals surface area (Å²) in [5, 5.41) is 8.96. The molecular formula is C19H28N2O2. The van der Waals surface area contributed by atoms with Crippen molar-refractivity contribution in [1.82, 2.24) is 9.80 Å². The van der Waals surface area contributed by atoms with Crippen LogP contribution < -0.4 is 0 Å². The minimum atomic E-state index is -0.686. The van der Waals surface area contributed by atoms with E-state index in [1.165, 1.54) is 37.7 Å². The average Bonchev–Trinajstić information content (AvgIpc) is 2.57. The largest absolute Gasteiger partial charge is 0.481 e. The smallest absolute Gasteiger partial charge is 0.304 e. The first-order valence-corrected chi connectivity index (χ1v) is 8.91. The molecule has 0 amide bonds. The second-order valence-corrected chi connectivity index (χ2v) is 7.11. The van der Waals surface area contributed by atoms with Gasteiger partial charge in [-0.3, -0.25) is 14.6 Å². The van der Waals surface area contributed by atoms with Crippen LogP contribution in [-0.4, -0.2) is 52.6 Å². The van der Waals surface area contributed by atoms with Crippen LogP contribution in [0.25, 0.3) is 0 Å². The topological polar surface area (TPSA) is 43.8 Å². The molecule has 126 valence electrons. The van der Waals surface area contributed by atoms with Crippen LogP contribution >= 0.6 is 0 Å². The van der Waals surface area contributed by atoms with Crippen LogP contribution in [0.1, 0.15) is 44.1 Å². The third-order valence-corrected chi connectivity index (χ3v) is 5.52. The van der Waals surface area contributed by atoms with Gasteiger partial charge in [0.05, 0.1) is 6.42 Å². The van der Waals surface area contributed by atoms with Crippen LogP contribution in [0.2, 0.25) is 0 Å². The molecule has 0 unspecified atom stereocenters. The normalized spacial score (nSPS) is 22.3. The van der Waals surface area contributed by atoms with Gasteiger partial charge in [-0.1, -0.05) is 49.6 Å². The zero-order chi connectivity index (χ0) is 16.1. The first kappa shape index (κ1) is 16.5. The van der Waals surface area contributed by atoms with Crippen LogP contribution in [0, 0.1) is 0 Å². The lowest BCUT2D eigenvalue weighted by Crippen LogP contribution is -2.62. The Morgan fingerprint density at radius 1 is 1.09 bits per heavy atom. The minimum Gasteiger partial charge on any atom is -0.481 e. The highest BCUT2D eigenvalue weighted by molar-refractivity contribution is 5.66. The molecule has 1 saturated carbocycles. The summed E-state index contributed by atoms with van der Waals surface area (Å²) in [6.45, 7) is 4.79. The highest BCUT2D eigenvalue weighted by Crippen LogP contribution is 2.37. The maximum absolute atomic E-state index is 10.9. The Hall–Kier alpha value is -1.39. The number of aliphatic carboxylic acids is 1.